The van der Waals surface area contributed by atoms with Crippen LogP contribution in [-0.2, 0) is 15.8 Å². The van der Waals surface area contributed by atoms with E-state index in [-0.39, 0.29) is 11.8 Å². The van der Waals surface area contributed by atoms with Crippen LogP contribution in [0.2, 0.25) is 10.0 Å². The molecule has 1 saturated heterocycles. The Labute approximate surface area is 150 Å². The van der Waals surface area contributed by atoms with Gasteiger partial charge in [0.1, 0.15) is 17.2 Å². The standard InChI is InChI=1S/C15H17Cl2N3O3S/c1-10-6-13(18-23-10)9-24(21,22)19-12-4-5-20(8-12)15-3-2-11(16)7-14(15)17/h2-3,6-7,12,19H,4-5,8-9H2,1H3. The SMILES string of the molecule is Cc1cc(CS(=O)(=O)NC2CCN(c3ccc(Cl)cc3Cl)C2)no1. The average molecular weight is 390 g/mol. The molecule has 0 saturated carbocycles. The van der Waals surface area contributed by atoms with E-state index < -0.39 is 10.0 Å². The normalized spacial score (nSPS) is 18.3. The van der Waals surface area contributed by atoms with Crippen LogP contribution in [-0.4, -0.2) is 32.7 Å². The van der Waals surface area contributed by atoms with Crippen LogP contribution in [0.25, 0.3) is 0 Å². The van der Waals surface area contributed by atoms with Gasteiger partial charge in [-0.25, -0.2) is 13.1 Å². The second kappa shape index (κ2) is 6.92. The van der Waals surface area contributed by atoms with E-state index in [2.05, 4.69) is 9.88 Å². The van der Waals surface area contributed by atoms with Crippen LogP contribution in [0.15, 0.2) is 28.8 Å². The summed E-state index contributed by atoms with van der Waals surface area (Å²) in [4.78, 5) is 2.05. The van der Waals surface area contributed by atoms with E-state index in [9.17, 15) is 8.42 Å². The summed E-state index contributed by atoms with van der Waals surface area (Å²) >= 11 is 12.1. The minimum absolute atomic E-state index is 0.172. The molecular formula is C15H17Cl2N3O3S. The molecule has 24 heavy (non-hydrogen) atoms. The van der Waals surface area contributed by atoms with Crippen LogP contribution in [0, 0.1) is 6.92 Å². The highest BCUT2D eigenvalue weighted by molar-refractivity contribution is 7.88. The van der Waals surface area contributed by atoms with Gasteiger partial charge in [0, 0.05) is 30.2 Å². The summed E-state index contributed by atoms with van der Waals surface area (Å²) in [5.41, 5.74) is 1.26. The molecule has 1 N–H and O–H groups in total. The number of sulfonamides is 1. The molecule has 2 heterocycles. The molecule has 130 valence electrons. The lowest BCUT2D eigenvalue weighted by Crippen LogP contribution is -2.37. The van der Waals surface area contributed by atoms with Crippen molar-refractivity contribution in [3.8, 4) is 0 Å². The number of aryl methyl sites for hydroxylation is 1. The number of aromatic nitrogens is 1. The summed E-state index contributed by atoms with van der Waals surface area (Å²) < 4.78 is 32.2. The number of anilines is 1. The second-order valence-electron chi connectivity index (χ2n) is 5.83. The van der Waals surface area contributed by atoms with Crippen molar-refractivity contribution in [1.29, 1.82) is 0 Å². The van der Waals surface area contributed by atoms with Crippen molar-refractivity contribution in [2.45, 2.75) is 25.1 Å². The molecule has 0 bridgehead atoms. The van der Waals surface area contributed by atoms with Crippen molar-refractivity contribution in [2.24, 2.45) is 0 Å². The Balaban J connectivity index is 1.63. The Hall–Kier alpha value is -1.28. The van der Waals surface area contributed by atoms with Gasteiger partial charge >= 0.3 is 0 Å². The maximum absolute atomic E-state index is 12.3. The Morgan fingerprint density at radius 1 is 1.38 bits per heavy atom. The quantitative estimate of drug-likeness (QED) is 0.850. The first-order valence-electron chi connectivity index (χ1n) is 7.44. The molecule has 1 unspecified atom stereocenters. The van der Waals surface area contributed by atoms with Crippen molar-refractivity contribution in [3.05, 3.63) is 45.8 Å². The molecule has 1 atom stereocenters. The minimum atomic E-state index is -3.48. The van der Waals surface area contributed by atoms with Crippen LogP contribution < -0.4 is 9.62 Å². The lowest BCUT2D eigenvalue weighted by atomic mass is 10.3. The predicted molar refractivity (Wildman–Crippen MR) is 94.1 cm³/mol. The van der Waals surface area contributed by atoms with Crippen LogP contribution in [0.3, 0.4) is 0 Å². The fourth-order valence-electron chi connectivity index (χ4n) is 2.79. The number of benzene rings is 1. The summed E-state index contributed by atoms with van der Waals surface area (Å²) in [6.45, 7) is 3.00. The van der Waals surface area contributed by atoms with Gasteiger partial charge in [0.15, 0.2) is 0 Å². The molecule has 0 amide bonds. The molecule has 2 aromatic rings. The fourth-order valence-corrected chi connectivity index (χ4v) is 4.63. The second-order valence-corrected chi connectivity index (χ2v) is 8.43. The molecule has 0 radical (unpaired) electrons. The topological polar surface area (TPSA) is 75.4 Å². The Morgan fingerprint density at radius 3 is 2.83 bits per heavy atom. The number of hydrogen-bond acceptors (Lipinski definition) is 5. The molecular weight excluding hydrogens is 373 g/mol. The molecule has 1 aliphatic rings. The molecule has 1 fully saturated rings. The average Bonchev–Trinajstić information content (AvgIpc) is 3.07. The van der Waals surface area contributed by atoms with E-state index >= 15 is 0 Å². The molecule has 9 heteroatoms. The summed E-state index contributed by atoms with van der Waals surface area (Å²) in [5, 5.41) is 4.86. The molecule has 0 spiro atoms. The van der Waals surface area contributed by atoms with E-state index in [4.69, 9.17) is 27.7 Å². The van der Waals surface area contributed by atoms with Gasteiger partial charge in [-0.3, -0.25) is 0 Å². The molecule has 1 aliphatic heterocycles. The molecule has 6 nitrogen and oxygen atoms in total. The highest BCUT2D eigenvalue weighted by Crippen LogP contribution is 2.31. The molecule has 1 aromatic heterocycles. The summed E-state index contributed by atoms with van der Waals surface area (Å²) in [7, 11) is -3.48. The third-order valence-electron chi connectivity index (χ3n) is 3.80. The maximum atomic E-state index is 12.3. The van der Waals surface area contributed by atoms with E-state index in [1.54, 1.807) is 25.1 Å². The van der Waals surface area contributed by atoms with E-state index in [0.717, 1.165) is 12.2 Å². The highest BCUT2D eigenvalue weighted by Gasteiger charge is 2.28. The van der Waals surface area contributed by atoms with Crippen LogP contribution in [0.5, 0.6) is 0 Å². The van der Waals surface area contributed by atoms with Gasteiger partial charge < -0.3 is 9.42 Å². The van der Waals surface area contributed by atoms with E-state index in [0.29, 0.717) is 34.5 Å². The summed E-state index contributed by atoms with van der Waals surface area (Å²) in [6.07, 6.45) is 0.704. The maximum Gasteiger partial charge on any atom is 0.217 e. The third-order valence-corrected chi connectivity index (χ3v) is 5.71. The van der Waals surface area contributed by atoms with E-state index in [1.807, 2.05) is 11.0 Å². The number of nitrogens with one attached hydrogen (secondary N) is 1. The summed E-state index contributed by atoms with van der Waals surface area (Å²) in [6, 6.07) is 6.75. The first-order valence-corrected chi connectivity index (χ1v) is 9.85. The zero-order chi connectivity index (χ0) is 17.3. The summed E-state index contributed by atoms with van der Waals surface area (Å²) in [5.74, 6) is 0.396. The lowest BCUT2D eigenvalue weighted by molar-refractivity contribution is 0.392. The van der Waals surface area contributed by atoms with Crippen LogP contribution in [0.4, 0.5) is 5.69 Å². The Morgan fingerprint density at radius 2 is 2.17 bits per heavy atom. The van der Waals surface area contributed by atoms with Crippen molar-refractivity contribution >= 4 is 38.9 Å². The highest BCUT2D eigenvalue weighted by atomic mass is 35.5. The number of hydrogen-bond donors (Lipinski definition) is 1. The van der Waals surface area contributed by atoms with Crippen molar-refractivity contribution in [2.75, 3.05) is 18.0 Å². The van der Waals surface area contributed by atoms with Crippen molar-refractivity contribution in [3.63, 3.8) is 0 Å². The molecule has 3 rings (SSSR count). The van der Waals surface area contributed by atoms with Gasteiger partial charge in [-0.05, 0) is 31.5 Å². The van der Waals surface area contributed by atoms with Crippen LogP contribution >= 0.6 is 23.2 Å². The predicted octanol–water partition coefficient (Wildman–Crippen LogP) is 2.99. The molecule has 1 aromatic carbocycles. The van der Waals surface area contributed by atoms with Gasteiger partial charge in [0.2, 0.25) is 10.0 Å². The monoisotopic (exact) mass is 389 g/mol. The van der Waals surface area contributed by atoms with Gasteiger partial charge in [0.25, 0.3) is 0 Å². The number of rotatable bonds is 5. The Bertz CT molecular complexity index is 838. The first-order chi connectivity index (χ1) is 11.3. The first kappa shape index (κ1) is 17.5. The number of nitrogens with zero attached hydrogens (tertiary/aromatic N) is 2. The largest absolute Gasteiger partial charge is 0.369 e. The zero-order valence-corrected chi connectivity index (χ0v) is 15.3. The molecule has 0 aliphatic carbocycles. The van der Waals surface area contributed by atoms with Gasteiger partial charge in [0.05, 0.1) is 10.7 Å². The smallest absolute Gasteiger partial charge is 0.217 e. The zero-order valence-electron chi connectivity index (χ0n) is 13.0. The lowest BCUT2D eigenvalue weighted by Gasteiger charge is -2.20. The van der Waals surface area contributed by atoms with Crippen molar-refractivity contribution in [1.82, 2.24) is 9.88 Å². The number of halogens is 2. The Kier molecular flexibility index (Phi) is 5.05. The van der Waals surface area contributed by atoms with Gasteiger partial charge in [-0.1, -0.05) is 28.4 Å². The van der Waals surface area contributed by atoms with Gasteiger partial charge in [-0.2, -0.15) is 0 Å². The fraction of sp³-hybridized carbons (Fsp3) is 0.400. The minimum Gasteiger partial charge on any atom is -0.369 e. The van der Waals surface area contributed by atoms with Crippen molar-refractivity contribution < 1.29 is 12.9 Å². The van der Waals surface area contributed by atoms with Crippen LogP contribution in [0.1, 0.15) is 17.9 Å². The van der Waals surface area contributed by atoms with E-state index in [1.165, 1.54) is 0 Å². The van der Waals surface area contributed by atoms with Gasteiger partial charge in [-0.15, -0.1) is 0 Å². The third kappa shape index (κ3) is 4.22.